The third-order valence-corrected chi connectivity index (χ3v) is 4.10. The molecule has 0 aromatic heterocycles. The molecule has 1 saturated heterocycles. The molecule has 2 rings (SSSR count). The lowest BCUT2D eigenvalue weighted by Crippen LogP contribution is -2.53. The highest BCUT2D eigenvalue weighted by atomic mass is 16.5. The van der Waals surface area contributed by atoms with E-state index in [1.807, 2.05) is 18.2 Å². The predicted molar refractivity (Wildman–Crippen MR) is 83.9 cm³/mol. The van der Waals surface area contributed by atoms with E-state index < -0.39 is 0 Å². The van der Waals surface area contributed by atoms with E-state index in [1.54, 1.807) is 4.90 Å². The molecular formula is C17H24N2O3. The van der Waals surface area contributed by atoms with Gasteiger partial charge in [0.15, 0.2) is 0 Å². The Hall–Kier alpha value is -1.88. The van der Waals surface area contributed by atoms with Gasteiger partial charge in [-0.3, -0.25) is 14.5 Å². The molecule has 0 saturated carbocycles. The van der Waals surface area contributed by atoms with Crippen molar-refractivity contribution in [1.82, 2.24) is 9.80 Å². The molecule has 5 heteroatoms. The van der Waals surface area contributed by atoms with Crippen molar-refractivity contribution in [3.63, 3.8) is 0 Å². The van der Waals surface area contributed by atoms with Crippen molar-refractivity contribution in [2.45, 2.75) is 38.9 Å². The molecule has 0 N–H and O–H groups in total. The van der Waals surface area contributed by atoms with Gasteiger partial charge in [0, 0.05) is 20.0 Å². The van der Waals surface area contributed by atoms with Gasteiger partial charge in [-0.15, -0.1) is 0 Å². The van der Waals surface area contributed by atoms with Crippen LogP contribution in [0.3, 0.4) is 0 Å². The molecule has 1 aromatic rings. The summed E-state index contributed by atoms with van der Waals surface area (Å²) < 4.78 is 4.72. The first kappa shape index (κ1) is 16.5. The van der Waals surface area contributed by atoms with Gasteiger partial charge in [-0.1, -0.05) is 30.3 Å². The molecule has 0 spiro atoms. The summed E-state index contributed by atoms with van der Waals surface area (Å²) in [6.07, 6.45) is 3.04. The molecule has 1 aliphatic rings. The molecule has 5 nitrogen and oxygen atoms in total. The van der Waals surface area contributed by atoms with Crippen LogP contribution >= 0.6 is 0 Å². The number of ether oxygens (including phenoxy) is 1. The second-order valence-corrected chi connectivity index (χ2v) is 5.66. The zero-order valence-corrected chi connectivity index (χ0v) is 13.3. The molecule has 1 aromatic carbocycles. The van der Waals surface area contributed by atoms with E-state index in [0.717, 1.165) is 32.4 Å². The highest BCUT2D eigenvalue weighted by molar-refractivity contribution is 5.80. The van der Waals surface area contributed by atoms with Crippen molar-refractivity contribution >= 4 is 11.9 Å². The number of esters is 1. The average molecular weight is 304 g/mol. The summed E-state index contributed by atoms with van der Waals surface area (Å²) in [5, 5.41) is 0. The molecule has 1 amide bonds. The Morgan fingerprint density at radius 3 is 2.64 bits per heavy atom. The standard InChI is InChI=1S/C17H24N2O3/c1-14(20)19(13-17(21)22-2)16-10-6-7-11-18(16)12-15-8-4-3-5-9-15/h3-5,8-9,16H,6-7,10-13H2,1-2H3. The summed E-state index contributed by atoms with van der Waals surface area (Å²) in [4.78, 5) is 27.5. The molecule has 1 fully saturated rings. The quantitative estimate of drug-likeness (QED) is 0.781. The largest absolute Gasteiger partial charge is 0.468 e. The van der Waals surface area contributed by atoms with E-state index >= 15 is 0 Å². The van der Waals surface area contributed by atoms with Gasteiger partial charge in [-0.2, -0.15) is 0 Å². The van der Waals surface area contributed by atoms with E-state index in [4.69, 9.17) is 4.74 Å². The lowest BCUT2D eigenvalue weighted by atomic mass is 10.0. The Bertz CT molecular complexity index is 504. The molecule has 120 valence electrons. The van der Waals surface area contributed by atoms with Crippen LogP contribution in [0, 0.1) is 0 Å². The molecule has 1 atom stereocenters. The minimum atomic E-state index is -0.375. The highest BCUT2D eigenvalue weighted by Gasteiger charge is 2.31. The lowest BCUT2D eigenvalue weighted by molar-refractivity contribution is -0.152. The number of hydrogen-bond acceptors (Lipinski definition) is 4. The molecule has 0 bridgehead atoms. The first-order chi connectivity index (χ1) is 10.6. The second-order valence-electron chi connectivity index (χ2n) is 5.66. The van der Waals surface area contributed by atoms with Crippen LogP contribution in [-0.2, 0) is 20.9 Å². The van der Waals surface area contributed by atoms with Gasteiger partial charge in [0.2, 0.25) is 5.91 Å². The Balaban J connectivity index is 2.12. The van der Waals surface area contributed by atoms with Gasteiger partial charge in [0.1, 0.15) is 6.54 Å². The molecule has 1 aliphatic heterocycles. The van der Waals surface area contributed by atoms with E-state index in [1.165, 1.54) is 19.6 Å². The fourth-order valence-electron chi connectivity index (χ4n) is 2.96. The van der Waals surface area contributed by atoms with Gasteiger partial charge < -0.3 is 9.64 Å². The van der Waals surface area contributed by atoms with Crippen molar-refractivity contribution in [2.24, 2.45) is 0 Å². The van der Waals surface area contributed by atoms with Crippen LogP contribution in [0.25, 0.3) is 0 Å². The van der Waals surface area contributed by atoms with Crippen molar-refractivity contribution < 1.29 is 14.3 Å². The van der Waals surface area contributed by atoms with Gasteiger partial charge >= 0.3 is 5.97 Å². The van der Waals surface area contributed by atoms with Crippen molar-refractivity contribution in [3.8, 4) is 0 Å². The number of carbonyl (C=O) groups is 2. The molecule has 1 heterocycles. The molecule has 22 heavy (non-hydrogen) atoms. The summed E-state index contributed by atoms with van der Waals surface area (Å²) in [6, 6.07) is 10.2. The number of nitrogens with zero attached hydrogens (tertiary/aromatic N) is 2. The van der Waals surface area contributed by atoms with E-state index in [0.29, 0.717) is 0 Å². The summed E-state index contributed by atoms with van der Waals surface area (Å²) in [7, 11) is 1.35. The van der Waals surface area contributed by atoms with Crippen LogP contribution in [0.1, 0.15) is 31.7 Å². The Labute approximate surface area is 131 Å². The fourth-order valence-corrected chi connectivity index (χ4v) is 2.96. The van der Waals surface area contributed by atoms with E-state index in [2.05, 4.69) is 17.0 Å². The molecular weight excluding hydrogens is 280 g/mol. The zero-order chi connectivity index (χ0) is 15.9. The number of methoxy groups -OCH3 is 1. The number of carbonyl (C=O) groups excluding carboxylic acids is 2. The lowest BCUT2D eigenvalue weighted by Gasteiger charge is -2.42. The maximum atomic E-state index is 12.0. The fraction of sp³-hybridized carbons (Fsp3) is 0.529. The maximum Gasteiger partial charge on any atom is 0.325 e. The van der Waals surface area contributed by atoms with Gasteiger partial charge in [0.25, 0.3) is 0 Å². The van der Waals surface area contributed by atoms with E-state index in [9.17, 15) is 9.59 Å². The minimum absolute atomic E-state index is 0.0157. The number of piperidine rings is 1. The highest BCUT2D eigenvalue weighted by Crippen LogP contribution is 2.22. The molecule has 0 radical (unpaired) electrons. The Morgan fingerprint density at radius 1 is 1.27 bits per heavy atom. The average Bonchev–Trinajstić information content (AvgIpc) is 2.54. The third kappa shape index (κ3) is 4.31. The topological polar surface area (TPSA) is 49.9 Å². The Morgan fingerprint density at radius 2 is 2.00 bits per heavy atom. The van der Waals surface area contributed by atoms with Crippen LogP contribution in [0.15, 0.2) is 30.3 Å². The van der Waals surface area contributed by atoms with Crippen molar-refractivity contribution in [2.75, 3.05) is 20.2 Å². The first-order valence-corrected chi connectivity index (χ1v) is 7.74. The first-order valence-electron chi connectivity index (χ1n) is 7.74. The van der Waals surface area contributed by atoms with Crippen LogP contribution in [-0.4, -0.2) is 48.0 Å². The summed E-state index contributed by atoms with van der Waals surface area (Å²) in [6.45, 7) is 3.25. The SMILES string of the molecule is COC(=O)CN(C(C)=O)C1CCCCN1Cc1ccccc1. The number of benzene rings is 1. The summed E-state index contributed by atoms with van der Waals surface area (Å²) in [5.74, 6) is -0.462. The van der Waals surface area contributed by atoms with Crippen LogP contribution in [0.5, 0.6) is 0 Å². The monoisotopic (exact) mass is 304 g/mol. The molecule has 1 unspecified atom stereocenters. The van der Waals surface area contributed by atoms with Gasteiger partial charge in [-0.25, -0.2) is 0 Å². The summed E-state index contributed by atoms with van der Waals surface area (Å²) in [5.41, 5.74) is 1.22. The van der Waals surface area contributed by atoms with Crippen LogP contribution in [0.2, 0.25) is 0 Å². The summed E-state index contributed by atoms with van der Waals surface area (Å²) >= 11 is 0. The van der Waals surface area contributed by atoms with Crippen molar-refractivity contribution in [1.29, 1.82) is 0 Å². The second kappa shape index (κ2) is 7.94. The predicted octanol–water partition coefficient (Wildman–Crippen LogP) is 2.02. The molecule has 0 aliphatic carbocycles. The number of rotatable bonds is 5. The van der Waals surface area contributed by atoms with Crippen LogP contribution < -0.4 is 0 Å². The van der Waals surface area contributed by atoms with Gasteiger partial charge in [-0.05, 0) is 24.8 Å². The van der Waals surface area contributed by atoms with Crippen LogP contribution in [0.4, 0.5) is 0 Å². The number of likely N-dealkylation sites (tertiary alicyclic amines) is 1. The third-order valence-electron chi connectivity index (χ3n) is 4.10. The number of hydrogen-bond donors (Lipinski definition) is 0. The van der Waals surface area contributed by atoms with Gasteiger partial charge in [0.05, 0.1) is 13.3 Å². The van der Waals surface area contributed by atoms with E-state index in [-0.39, 0.29) is 24.6 Å². The smallest absolute Gasteiger partial charge is 0.325 e. The van der Waals surface area contributed by atoms with Crippen molar-refractivity contribution in [3.05, 3.63) is 35.9 Å². The zero-order valence-electron chi connectivity index (χ0n) is 13.3. The Kier molecular flexibility index (Phi) is 5.95. The minimum Gasteiger partial charge on any atom is -0.468 e. The normalized spacial score (nSPS) is 18.7. The number of amides is 1. The maximum absolute atomic E-state index is 12.0.